The number of halogens is 1. The van der Waals surface area contributed by atoms with E-state index in [9.17, 15) is 4.79 Å². The molecule has 1 aromatic rings. The molecule has 0 fully saturated rings. The van der Waals surface area contributed by atoms with Gasteiger partial charge in [0.2, 0.25) is 5.91 Å². The maximum absolute atomic E-state index is 11.9. The van der Waals surface area contributed by atoms with Gasteiger partial charge in [-0.05, 0) is 43.4 Å². The third kappa shape index (κ3) is 12.6. The molecule has 3 N–H and O–H groups in total. The van der Waals surface area contributed by atoms with Gasteiger partial charge in [0, 0.05) is 45.5 Å². The van der Waals surface area contributed by atoms with Gasteiger partial charge in [0.1, 0.15) is 0 Å². The molecule has 0 unspecified atom stereocenters. The van der Waals surface area contributed by atoms with E-state index in [1.54, 1.807) is 7.05 Å². The summed E-state index contributed by atoms with van der Waals surface area (Å²) < 4.78 is 5.33. The lowest BCUT2D eigenvalue weighted by molar-refractivity contribution is -0.116. The predicted molar refractivity (Wildman–Crippen MR) is 124 cm³/mol. The third-order valence-corrected chi connectivity index (χ3v) is 3.70. The zero-order chi connectivity index (χ0) is 19.2. The number of unbranched alkanes of at least 4 members (excludes halogenated alkanes) is 1. The quantitative estimate of drug-likeness (QED) is 0.191. The Balaban J connectivity index is 0.00000676. The van der Waals surface area contributed by atoms with Gasteiger partial charge >= 0.3 is 0 Å². The van der Waals surface area contributed by atoms with Crippen LogP contribution in [0.25, 0.3) is 0 Å². The molecule has 6 nitrogen and oxygen atoms in total. The van der Waals surface area contributed by atoms with Crippen molar-refractivity contribution >= 4 is 41.5 Å². The highest BCUT2D eigenvalue weighted by Crippen LogP contribution is 2.12. The highest BCUT2D eigenvalue weighted by atomic mass is 127. The Labute approximate surface area is 181 Å². The first kappa shape index (κ1) is 25.6. The number of amides is 1. The van der Waals surface area contributed by atoms with Crippen LogP contribution in [0.2, 0.25) is 0 Å². The van der Waals surface area contributed by atoms with Gasteiger partial charge in [0.25, 0.3) is 0 Å². The summed E-state index contributed by atoms with van der Waals surface area (Å²) in [5.41, 5.74) is 1.92. The Kier molecular flexibility index (Phi) is 14.9. The molecule has 154 valence electrons. The van der Waals surface area contributed by atoms with Crippen LogP contribution in [0.3, 0.4) is 0 Å². The number of rotatable bonds is 11. The SMILES string of the molecule is CCOCCCCNC(=NC)NCc1cccc(NC(=O)CC(C)C)c1.I. The number of nitrogens with one attached hydrogen (secondary N) is 3. The average molecular weight is 490 g/mol. The third-order valence-electron chi connectivity index (χ3n) is 3.70. The second kappa shape index (κ2) is 15.7. The number of hydrogen-bond acceptors (Lipinski definition) is 3. The minimum atomic E-state index is 0. The summed E-state index contributed by atoms with van der Waals surface area (Å²) in [7, 11) is 1.76. The van der Waals surface area contributed by atoms with Gasteiger partial charge in [-0.1, -0.05) is 26.0 Å². The predicted octanol–water partition coefficient (Wildman–Crippen LogP) is 3.77. The number of ether oxygens (including phenoxy) is 1. The van der Waals surface area contributed by atoms with Crippen LogP contribution in [0.5, 0.6) is 0 Å². The fourth-order valence-electron chi connectivity index (χ4n) is 2.43. The van der Waals surface area contributed by atoms with Gasteiger partial charge in [-0.25, -0.2) is 0 Å². The number of hydrogen-bond donors (Lipinski definition) is 3. The van der Waals surface area contributed by atoms with E-state index in [0.717, 1.165) is 49.8 Å². The number of carbonyl (C=O) groups excluding carboxylic acids is 1. The zero-order valence-electron chi connectivity index (χ0n) is 17.0. The van der Waals surface area contributed by atoms with Gasteiger partial charge in [-0.2, -0.15) is 0 Å². The van der Waals surface area contributed by atoms with Crippen molar-refractivity contribution < 1.29 is 9.53 Å². The van der Waals surface area contributed by atoms with Crippen molar-refractivity contribution in [3.8, 4) is 0 Å². The van der Waals surface area contributed by atoms with Gasteiger partial charge in [-0.15, -0.1) is 24.0 Å². The molecular formula is C20H35IN4O2. The Bertz CT molecular complexity index is 565. The first-order valence-electron chi connectivity index (χ1n) is 9.46. The first-order chi connectivity index (χ1) is 12.5. The number of benzene rings is 1. The van der Waals surface area contributed by atoms with E-state index in [4.69, 9.17) is 4.74 Å². The minimum absolute atomic E-state index is 0. The molecule has 1 amide bonds. The van der Waals surface area contributed by atoms with E-state index in [2.05, 4.69) is 20.9 Å². The van der Waals surface area contributed by atoms with E-state index in [0.29, 0.717) is 18.9 Å². The topological polar surface area (TPSA) is 74.8 Å². The van der Waals surface area contributed by atoms with Gasteiger partial charge in [0.15, 0.2) is 5.96 Å². The first-order valence-corrected chi connectivity index (χ1v) is 9.46. The van der Waals surface area contributed by atoms with Gasteiger partial charge in [-0.3, -0.25) is 9.79 Å². The van der Waals surface area contributed by atoms with Crippen molar-refractivity contribution in [2.45, 2.75) is 46.6 Å². The van der Waals surface area contributed by atoms with Crippen molar-refractivity contribution in [1.29, 1.82) is 0 Å². The molecular weight excluding hydrogens is 455 g/mol. The molecule has 0 aliphatic rings. The van der Waals surface area contributed by atoms with Crippen LogP contribution >= 0.6 is 24.0 Å². The summed E-state index contributed by atoms with van der Waals surface area (Å²) in [6.07, 6.45) is 2.61. The van der Waals surface area contributed by atoms with E-state index in [1.807, 2.05) is 45.0 Å². The molecule has 0 aliphatic heterocycles. The summed E-state index contributed by atoms with van der Waals surface area (Å²) in [5.74, 6) is 1.17. The van der Waals surface area contributed by atoms with Crippen LogP contribution in [0, 0.1) is 5.92 Å². The fraction of sp³-hybridized carbons (Fsp3) is 0.600. The van der Waals surface area contributed by atoms with E-state index in [1.165, 1.54) is 0 Å². The summed E-state index contributed by atoms with van der Waals surface area (Å²) in [6.45, 7) is 9.16. The smallest absolute Gasteiger partial charge is 0.224 e. The maximum Gasteiger partial charge on any atom is 0.224 e. The largest absolute Gasteiger partial charge is 0.382 e. The van der Waals surface area contributed by atoms with Crippen LogP contribution in [0.15, 0.2) is 29.3 Å². The molecule has 0 saturated carbocycles. The molecule has 0 saturated heterocycles. The number of guanidine groups is 1. The molecule has 0 radical (unpaired) electrons. The summed E-state index contributed by atoms with van der Waals surface area (Å²) in [5, 5.41) is 9.54. The number of carbonyl (C=O) groups is 1. The molecule has 7 heteroatoms. The lowest BCUT2D eigenvalue weighted by Gasteiger charge is -2.13. The number of nitrogens with zero attached hydrogens (tertiary/aromatic N) is 1. The van der Waals surface area contributed by atoms with Crippen molar-refractivity contribution in [2.75, 3.05) is 32.1 Å². The van der Waals surface area contributed by atoms with E-state index in [-0.39, 0.29) is 29.9 Å². The van der Waals surface area contributed by atoms with Crippen LogP contribution in [-0.2, 0) is 16.1 Å². The Morgan fingerprint density at radius 1 is 1.22 bits per heavy atom. The van der Waals surface area contributed by atoms with Crippen molar-refractivity contribution in [1.82, 2.24) is 10.6 Å². The van der Waals surface area contributed by atoms with Crippen LogP contribution in [0.1, 0.15) is 45.6 Å². The molecule has 0 bridgehead atoms. The van der Waals surface area contributed by atoms with Crippen molar-refractivity contribution in [2.24, 2.45) is 10.9 Å². The van der Waals surface area contributed by atoms with E-state index < -0.39 is 0 Å². The highest BCUT2D eigenvalue weighted by Gasteiger charge is 2.06. The Morgan fingerprint density at radius 3 is 2.67 bits per heavy atom. The summed E-state index contributed by atoms with van der Waals surface area (Å²) >= 11 is 0. The minimum Gasteiger partial charge on any atom is -0.382 e. The van der Waals surface area contributed by atoms with E-state index >= 15 is 0 Å². The van der Waals surface area contributed by atoms with Crippen LogP contribution < -0.4 is 16.0 Å². The maximum atomic E-state index is 11.9. The fourth-order valence-corrected chi connectivity index (χ4v) is 2.43. The zero-order valence-corrected chi connectivity index (χ0v) is 19.3. The molecule has 1 aromatic carbocycles. The number of aliphatic imine (C=N–C) groups is 1. The molecule has 0 atom stereocenters. The summed E-state index contributed by atoms with van der Waals surface area (Å²) in [6, 6.07) is 7.88. The molecule has 0 aliphatic carbocycles. The van der Waals surface area contributed by atoms with Gasteiger partial charge in [0.05, 0.1) is 0 Å². The Hall–Kier alpha value is -1.35. The molecule has 1 rings (SSSR count). The van der Waals surface area contributed by atoms with Gasteiger partial charge < -0.3 is 20.7 Å². The molecule has 0 heterocycles. The van der Waals surface area contributed by atoms with Crippen LogP contribution in [0.4, 0.5) is 5.69 Å². The summed E-state index contributed by atoms with van der Waals surface area (Å²) in [4.78, 5) is 16.1. The standard InChI is InChI=1S/C20H34N4O2.HI/c1-5-26-12-7-6-11-22-20(21-4)23-15-17-9-8-10-18(14-17)24-19(25)13-16(2)3;/h8-10,14,16H,5-7,11-13,15H2,1-4H3,(H,24,25)(H2,21,22,23);1H. The monoisotopic (exact) mass is 490 g/mol. The second-order valence-electron chi connectivity index (χ2n) is 6.60. The van der Waals surface area contributed by atoms with Crippen molar-refractivity contribution in [3.63, 3.8) is 0 Å². The number of anilines is 1. The Morgan fingerprint density at radius 2 is 2.00 bits per heavy atom. The highest BCUT2D eigenvalue weighted by molar-refractivity contribution is 14.0. The lowest BCUT2D eigenvalue weighted by Crippen LogP contribution is -2.37. The lowest BCUT2D eigenvalue weighted by atomic mass is 10.1. The normalized spacial score (nSPS) is 11.1. The van der Waals surface area contributed by atoms with Crippen molar-refractivity contribution in [3.05, 3.63) is 29.8 Å². The second-order valence-corrected chi connectivity index (χ2v) is 6.60. The molecule has 0 aromatic heterocycles. The van der Waals surface area contributed by atoms with Crippen LogP contribution in [-0.4, -0.2) is 38.7 Å². The molecule has 27 heavy (non-hydrogen) atoms. The average Bonchev–Trinajstić information content (AvgIpc) is 2.60. The molecule has 0 spiro atoms.